The maximum atomic E-state index is 13.9. The molecule has 9 heteroatoms. The maximum absolute atomic E-state index is 13.9. The van der Waals surface area contributed by atoms with E-state index in [1.54, 1.807) is 12.1 Å². The van der Waals surface area contributed by atoms with Crippen LogP contribution in [0.5, 0.6) is 0 Å². The minimum Gasteiger partial charge on any atom is -0.383 e. The summed E-state index contributed by atoms with van der Waals surface area (Å²) in [5.41, 5.74) is 5.43. The summed E-state index contributed by atoms with van der Waals surface area (Å²) < 4.78 is 15.7. The zero-order chi connectivity index (χ0) is 21.8. The summed E-state index contributed by atoms with van der Waals surface area (Å²) in [4.78, 5) is 40.4. The number of hydrogen-bond acceptors (Lipinski definition) is 4. The number of nitrogens with two attached hydrogens (primary N) is 1. The van der Waals surface area contributed by atoms with Crippen molar-refractivity contribution in [2.75, 3.05) is 17.7 Å². The minimum atomic E-state index is -0.792. The molecule has 0 bridgehead atoms. The van der Waals surface area contributed by atoms with Crippen LogP contribution >= 0.6 is 15.9 Å². The van der Waals surface area contributed by atoms with E-state index in [-0.39, 0.29) is 23.6 Å². The number of nitrogens with one attached hydrogen (secondary N) is 1. The Morgan fingerprint density at radius 3 is 2.63 bits per heavy atom. The van der Waals surface area contributed by atoms with Crippen LogP contribution in [0.3, 0.4) is 0 Å². The number of likely N-dealkylation sites (N-methyl/N-ethyl adjacent to an activating group) is 1. The van der Waals surface area contributed by atoms with Gasteiger partial charge in [-0.15, -0.1) is 0 Å². The highest BCUT2D eigenvalue weighted by Gasteiger charge is 2.19. The van der Waals surface area contributed by atoms with Crippen molar-refractivity contribution < 1.29 is 9.18 Å². The lowest BCUT2D eigenvalue weighted by Gasteiger charge is -2.19. The minimum absolute atomic E-state index is 0.121. The first-order valence-electron chi connectivity index (χ1n) is 8.85. The monoisotopic (exact) mass is 472 g/mol. The van der Waals surface area contributed by atoms with E-state index in [0.29, 0.717) is 4.47 Å². The van der Waals surface area contributed by atoms with Gasteiger partial charge < -0.3 is 10.6 Å². The molecule has 0 saturated heterocycles. The highest BCUT2D eigenvalue weighted by molar-refractivity contribution is 9.10. The van der Waals surface area contributed by atoms with Crippen molar-refractivity contribution in [2.45, 2.75) is 6.54 Å². The predicted molar refractivity (Wildman–Crippen MR) is 118 cm³/mol. The number of carbonyl (C=O) groups is 1. The van der Waals surface area contributed by atoms with Gasteiger partial charge in [-0.1, -0.05) is 46.3 Å². The molecule has 1 amide bonds. The van der Waals surface area contributed by atoms with Gasteiger partial charge in [-0.05, 0) is 29.8 Å². The number of carbonyl (C=O) groups excluding carboxylic acids is 1. The fourth-order valence-electron chi connectivity index (χ4n) is 2.85. The molecule has 0 aliphatic heterocycles. The standard InChI is InChI=1S/C21H18BrFN4O3/c1-26(17(28)10-7-14-11-15(22)8-9-16(14)23)18-19(24)27(21(30)25-20(18)29)12-13-5-3-2-4-6-13/h2-11H,12,24H2,1H3,(H,25,29,30). The number of aromatic nitrogens is 2. The van der Waals surface area contributed by atoms with Gasteiger partial charge in [0, 0.05) is 23.2 Å². The molecule has 1 heterocycles. The van der Waals surface area contributed by atoms with Crippen molar-refractivity contribution in [1.29, 1.82) is 0 Å². The molecule has 7 nitrogen and oxygen atoms in total. The van der Waals surface area contributed by atoms with Crippen LogP contribution in [0, 0.1) is 5.82 Å². The first-order chi connectivity index (χ1) is 14.3. The average Bonchev–Trinajstić information content (AvgIpc) is 2.72. The van der Waals surface area contributed by atoms with Crippen molar-refractivity contribution in [3.05, 3.63) is 96.9 Å². The molecule has 0 unspecified atom stereocenters. The molecule has 0 radical (unpaired) electrons. The Morgan fingerprint density at radius 2 is 1.93 bits per heavy atom. The second kappa shape index (κ2) is 8.91. The van der Waals surface area contributed by atoms with Crippen LogP contribution in [-0.4, -0.2) is 22.5 Å². The number of H-pyrrole nitrogens is 1. The number of amides is 1. The number of benzene rings is 2. The van der Waals surface area contributed by atoms with Crippen LogP contribution in [0.25, 0.3) is 6.08 Å². The Balaban J connectivity index is 1.94. The number of hydrogen-bond donors (Lipinski definition) is 2. The number of rotatable bonds is 5. The van der Waals surface area contributed by atoms with Crippen molar-refractivity contribution in [3.8, 4) is 0 Å². The van der Waals surface area contributed by atoms with Crippen LogP contribution < -0.4 is 21.9 Å². The van der Waals surface area contributed by atoms with Crippen LogP contribution in [0.4, 0.5) is 15.9 Å². The number of aromatic amines is 1. The van der Waals surface area contributed by atoms with Crippen molar-refractivity contribution in [1.82, 2.24) is 9.55 Å². The number of halogens is 2. The van der Waals surface area contributed by atoms with Gasteiger partial charge in [0.1, 0.15) is 11.6 Å². The molecule has 30 heavy (non-hydrogen) atoms. The second-order valence-electron chi connectivity index (χ2n) is 6.46. The Labute approximate surface area is 179 Å². The van der Waals surface area contributed by atoms with Gasteiger partial charge in [0.25, 0.3) is 11.5 Å². The molecule has 0 aliphatic rings. The third-order valence-corrected chi connectivity index (χ3v) is 4.92. The highest BCUT2D eigenvalue weighted by atomic mass is 79.9. The molecule has 0 saturated carbocycles. The topological polar surface area (TPSA) is 101 Å². The summed E-state index contributed by atoms with van der Waals surface area (Å²) in [5.74, 6) is -1.26. The van der Waals surface area contributed by atoms with Gasteiger partial charge in [-0.3, -0.25) is 19.1 Å². The van der Waals surface area contributed by atoms with E-state index in [0.717, 1.165) is 16.5 Å². The number of anilines is 2. The molecule has 0 spiro atoms. The normalized spacial score (nSPS) is 11.0. The number of nitrogen functional groups attached to an aromatic ring is 1. The molecule has 2 aromatic carbocycles. The summed E-state index contributed by atoms with van der Waals surface area (Å²) in [5, 5.41) is 0. The molecule has 3 aromatic rings. The van der Waals surface area contributed by atoms with E-state index in [2.05, 4.69) is 20.9 Å². The molecular weight excluding hydrogens is 455 g/mol. The van der Waals surface area contributed by atoms with Crippen LogP contribution in [0.1, 0.15) is 11.1 Å². The third kappa shape index (κ3) is 4.57. The van der Waals surface area contributed by atoms with E-state index in [1.807, 2.05) is 18.2 Å². The number of nitrogens with zero attached hydrogens (tertiary/aromatic N) is 2. The molecule has 3 rings (SSSR count). The van der Waals surface area contributed by atoms with Gasteiger partial charge in [-0.25, -0.2) is 9.18 Å². The quantitative estimate of drug-likeness (QED) is 0.557. The van der Waals surface area contributed by atoms with E-state index in [9.17, 15) is 18.8 Å². The van der Waals surface area contributed by atoms with Gasteiger partial charge in [0.2, 0.25) is 0 Å². The largest absolute Gasteiger partial charge is 0.383 e. The Morgan fingerprint density at radius 1 is 1.23 bits per heavy atom. The van der Waals surface area contributed by atoms with E-state index >= 15 is 0 Å². The lowest BCUT2D eigenvalue weighted by atomic mass is 10.2. The van der Waals surface area contributed by atoms with Gasteiger partial charge in [-0.2, -0.15) is 0 Å². The third-order valence-electron chi connectivity index (χ3n) is 4.43. The summed E-state index contributed by atoms with van der Waals surface area (Å²) in [6.07, 6.45) is 2.42. The van der Waals surface area contributed by atoms with Crippen LogP contribution in [-0.2, 0) is 11.3 Å². The van der Waals surface area contributed by atoms with Gasteiger partial charge in [0.05, 0.1) is 6.54 Å². The van der Waals surface area contributed by atoms with Gasteiger partial charge in [0.15, 0.2) is 5.69 Å². The Hall–Kier alpha value is -3.46. The van der Waals surface area contributed by atoms with Crippen molar-refractivity contribution >= 4 is 39.4 Å². The van der Waals surface area contributed by atoms with E-state index in [4.69, 9.17) is 5.73 Å². The zero-order valence-corrected chi connectivity index (χ0v) is 17.5. The smallest absolute Gasteiger partial charge is 0.330 e. The average molecular weight is 473 g/mol. The molecular formula is C21H18BrFN4O3. The van der Waals surface area contributed by atoms with Crippen LogP contribution in [0.2, 0.25) is 0 Å². The first kappa shape index (κ1) is 21.3. The fraction of sp³-hybridized carbons (Fsp3) is 0.0952. The molecule has 154 valence electrons. The first-order valence-corrected chi connectivity index (χ1v) is 9.64. The Bertz CT molecular complexity index is 1240. The molecule has 0 fully saturated rings. The van der Waals surface area contributed by atoms with Crippen molar-refractivity contribution in [3.63, 3.8) is 0 Å². The van der Waals surface area contributed by atoms with E-state index < -0.39 is 23.0 Å². The SMILES string of the molecule is CN(C(=O)C=Cc1cc(Br)ccc1F)c1c(N)n(Cc2ccccc2)c(=O)[nH]c1=O. The Kier molecular flexibility index (Phi) is 6.31. The van der Waals surface area contributed by atoms with Crippen LogP contribution in [0.15, 0.2) is 68.7 Å². The summed E-state index contributed by atoms with van der Waals surface area (Å²) in [6, 6.07) is 13.4. The zero-order valence-electron chi connectivity index (χ0n) is 15.9. The molecule has 3 N–H and O–H groups in total. The lowest BCUT2D eigenvalue weighted by Crippen LogP contribution is -2.39. The van der Waals surface area contributed by atoms with E-state index in [1.165, 1.54) is 35.9 Å². The summed E-state index contributed by atoms with van der Waals surface area (Å²) >= 11 is 3.24. The van der Waals surface area contributed by atoms with Gasteiger partial charge >= 0.3 is 5.69 Å². The molecule has 0 atom stereocenters. The lowest BCUT2D eigenvalue weighted by molar-refractivity contribution is -0.113. The fourth-order valence-corrected chi connectivity index (χ4v) is 3.23. The second-order valence-corrected chi connectivity index (χ2v) is 7.38. The highest BCUT2D eigenvalue weighted by Crippen LogP contribution is 2.19. The maximum Gasteiger partial charge on any atom is 0.330 e. The summed E-state index contributed by atoms with van der Waals surface area (Å²) in [7, 11) is 1.35. The molecule has 0 aliphatic carbocycles. The predicted octanol–water partition coefficient (Wildman–Crippen LogP) is 2.74. The molecule has 1 aromatic heterocycles. The van der Waals surface area contributed by atoms with Crippen molar-refractivity contribution in [2.24, 2.45) is 0 Å². The summed E-state index contributed by atoms with van der Waals surface area (Å²) in [6.45, 7) is 0.121.